The van der Waals surface area contributed by atoms with Gasteiger partial charge >= 0.3 is 6.18 Å². The van der Waals surface area contributed by atoms with Gasteiger partial charge in [-0.25, -0.2) is 4.39 Å². The maximum Gasteiger partial charge on any atom is 0.419 e. The van der Waals surface area contributed by atoms with Crippen molar-refractivity contribution < 1.29 is 17.6 Å². The highest BCUT2D eigenvalue weighted by Gasteiger charge is 2.34. The first-order valence-corrected chi connectivity index (χ1v) is 4.95. The normalized spacial score (nSPS) is 12.3. The van der Waals surface area contributed by atoms with Gasteiger partial charge in [-0.15, -0.1) is 11.3 Å². The van der Waals surface area contributed by atoms with Gasteiger partial charge in [0.15, 0.2) is 0 Å². The second-order valence-electron chi connectivity index (χ2n) is 2.84. The third kappa shape index (κ3) is 1.81. The fourth-order valence-corrected chi connectivity index (χ4v) is 2.27. The summed E-state index contributed by atoms with van der Waals surface area (Å²) >= 11 is 6.55. The molecule has 0 unspecified atom stereocenters. The average Bonchev–Trinajstić information content (AvgIpc) is 2.45. The Kier molecular flexibility index (Phi) is 2.39. The molecule has 1 heterocycles. The summed E-state index contributed by atoms with van der Waals surface area (Å²) in [6.45, 7) is 0. The summed E-state index contributed by atoms with van der Waals surface area (Å²) < 4.78 is 50.3. The van der Waals surface area contributed by atoms with Gasteiger partial charge in [0.1, 0.15) is 5.82 Å². The first-order valence-electron chi connectivity index (χ1n) is 3.76. The van der Waals surface area contributed by atoms with E-state index in [4.69, 9.17) is 11.6 Å². The summed E-state index contributed by atoms with van der Waals surface area (Å²) in [5.74, 6) is -1.32. The first-order chi connectivity index (χ1) is 6.89. The van der Waals surface area contributed by atoms with Gasteiger partial charge in [-0.3, -0.25) is 0 Å². The summed E-state index contributed by atoms with van der Waals surface area (Å²) in [6, 6.07) is 1.53. The molecule has 0 fully saturated rings. The van der Waals surface area contributed by atoms with E-state index < -0.39 is 17.6 Å². The molecule has 2 rings (SSSR count). The molecular formula is C9H2ClF4S. The van der Waals surface area contributed by atoms with E-state index in [1.54, 1.807) is 0 Å². The Bertz CT molecular complexity index is 515. The Hall–Kier alpha value is -0.810. The van der Waals surface area contributed by atoms with Gasteiger partial charge in [-0.1, -0.05) is 11.6 Å². The van der Waals surface area contributed by atoms with Crippen LogP contribution in [-0.4, -0.2) is 0 Å². The van der Waals surface area contributed by atoms with Crippen LogP contribution in [0.5, 0.6) is 0 Å². The Labute approximate surface area is 91.1 Å². The van der Waals surface area contributed by atoms with Gasteiger partial charge < -0.3 is 0 Å². The highest BCUT2D eigenvalue weighted by Crippen LogP contribution is 2.37. The standard InChI is InChI=1S/C9H2ClF4S/c10-6-3-15-8-2-5(9(12,13)14)7(11)1-4(6)8/h1-2H. The zero-order valence-electron chi connectivity index (χ0n) is 6.95. The number of benzene rings is 1. The average molecular weight is 254 g/mol. The molecule has 6 heteroatoms. The van der Waals surface area contributed by atoms with Crippen LogP contribution < -0.4 is 0 Å². The summed E-state index contributed by atoms with van der Waals surface area (Å²) in [4.78, 5) is 0. The minimum atomic E-state index is -4.69. The van der Waals surface area contributed by atoms with Crippen LogP contribution in [0.25, 0.3) is 10.1 Å². The van der Waals surface area contributed by atoms with Crippen molar-refractivity contribution in [3.05, 3.63) is 33.9 Å². The fourth-order valence-electron chi connectivity index (χ4n) is 1.18. The van der Waals surface area contributed by atoms with Crippen molar-refractivity contribution in [3.63, 3.8) is 0 Å². The number of hydrogen-bond acceptors (Lipinski definition) is 1. The molecule has 15 heavy (non-hydrogen) atoms. The van der Waals surface area contributed by atoms with E-state index in [-0.39, 0.29) is 15.1 Å². The first kappa shape index (κ1) is 10.7. The zero-order chi connectivity index (χ0) is 11.2. The lowest BCUT2D eigenvalue weighted by Crippen LogP contribution is -2.07. The molecule has 0 atom stereocenters. The van der Waals surface area contributed by atoms with Crippen molar-refractivity contribution in [3.8, 4) is 0 Å². The number of hydrogen-bond donors (Lipinski definition) is 0. The van der Waals surface area contributed by atoms with E-state index in [1.807, 2.05) is 0 Å². The van der Waals surface area contributed by atoms with E-state index >= 15 is 0 Å². The van der Waals surface area contributed by atoms with Crippen molar-refractivity contribution in [1.29, 1.82) is 0 Å². The molecule has 1 aromatic carbocycles. The smallest absolute Gasteiger partial charge is 0.206 e. The van der Waals surface area contributed by atoms with Crippen LogP contribution in [0.1, 0.15) is 5.56 Å². The maximum atomic E-state index is 13.1. The zero-order valence-corrected chi connectivity index (χ0v) is 8.53. The minimum Gasteiger partial charge on any atom is -0.206 e. The Morgan fingerprint density at radius 2 is 1.93 bits per heavy atom. The summed E-state index contributed by atoms with van der Waals surface area (Å²) in [6.07, 6.45) is -4.69. The summed E-state index contributed by atoms with van der Waals surface area (Å²) in [5.41, 5.74) is -1.28. The number of fused-ring (bicyclic) bond motifs is 1. The molecule has 0 aliphatic heterocycles. The van der Waals surface area contributed by atoms with E-state index in [0.29, 0.717) is 0 Å². The number of thiophene rings is 1. The van der Waals surface area contributed by atoms with Crippen LogP contribution in [0.2, 0.25) is 5.02 Å². The predicted molar refractivity (Wildman–Crippen MR) is 50.6 cm³/mol. The second-order valence-corrected chi connectivity index (χ2v) is 4.07. The summed E-state index contributed by atoms with van der Waals surface area (Å²) in [7, 11) is 0. The summed E-state index contributed by atoms with van der Waals surface area (Å²) in [5, 5.41) is 2.95. The lowest BCUT2D eigenvalue weighted by Gasteiger charge is -2.07. The Morgan fingerprint density at radius 1 is 1.27 bits per heavy atom. The van der Waals surface area contributed by atoms with Crippen LogP contribution >= 0.6 is 22.9 Å². The SMILES string of the molecule is Fc1cc2c(Cl)[c]sc2cc1C(F)(F)F. The van der Waals surface area contributed by atoms with Crippen molar-refractivity contribution >= 4 is 33.0 Å². The van der Waals surface area contributed by atoms with Gasteiger partial charge in [0.05, 0.1) is 16.0 Å². The number of halogens is 5. The third-order valence-corrected chi connectivity index (χ3v) is 3.14. The second kappa shape index (κ2) is 3.35. The van der Waals surface area contributed by atoms with Crippen molar-refractivity contribution in [2.45, 2.75) is 6.18 Å². The number of rotatable bonds is 0. The fraction of sp³-hybridized carbons (Fsp3) is 0.111. The van der Waals surface area contributed by atoms with Gasteiger partial charge in [0, 0.05) is 10.1 Å². The Balaban J connectivity index is 2.74. The van der Waals surface area contributed by atoms with Gasteiger partial charge in [-0.05, 0) is 12.1 Å². The molecule has 79 valence electrons. The van der Waals surface area contributed by atoms with E-state index in [0.717, 1.165) is 23.5 Å². The Morgan fingerprint density at radius 3 is 2.53 bits per heavy atom. The molecule has 0 spiro atoms. The molecule has 1 radical (unpaired) electrons. The van der Waals surface area contributed by atoms with Crippen LogP contribution in [0, 0.1) is 11.2 Å². The molecule has 2 aromatic rings. The van der Waals surface area contributed by atoms with E-state index in [1.165, 1.54) is 0 Å². The molecule has 0 aliphatic carbocycles. The maximum absolute atomic E-state index is 13.1. The van der Waals surface area contributed by atoms with Crippen LogP contribution in [0.3, 0.4) is 0 Å². The molecule has 0 nitrogen and oxygen atoms in total. The molecule has 0 N–H and O–H groups in total. The minimum absolute atomic E-state index is 0.141. The van der Waals surface area contributed by atoms with Crippen LogP contribution in [-0.2, 0) is 6.18 Å². The molecule has 1 aromatic heterocycles. The molecule has 0 saturated heterocycles. The molecule has 0 aliphatic rings. The monoisotopic (exact) mass is 253 g/mol. The van der Waals surface area contributed by atoms with Crippen molar-refractivity contribution in [2.75, 3.05) is 0 Å². The highest BCUT2D eigenvalue weighted by molar-refractivity contribution is 7.17. The van der Waals surface area contributed by atoms with Crippen LogP contribution in [0.4, 0.5) is 17.6 Å². The van der Waals surface area contributed by atoms with Gasteiger partial charge in [0.25, 0.3) is 0 Å². The van der Waals surface area contributed by atoms with Gasteiger partial charge in [0.2, 0.25) is 0 Å². The number of alkyl halides is 3. The predicted octanol–water partition coefficient (Wildman–Crippen LogP) is 4.51. The van der Waals surface area contributed by atoms with Crippen molar-refractivity contribution in [1.82, 2.24) is 0 Å². The lowest BCUT2D eigenvalue weighted by molar-refractivity contribution is -0.139. The highest BCUT2D eigenvalue weighted by atomic mass is 35.5. The van der Waals surface area contributed by atoms with E-state index in [9.17, 15) is 17.6 Å². The molecule has 0 bridgehead atoms. The van der Waals surface area contributed by atoms with Gasteiger partial charge in [-0.2, -0.15) is 13.2 Å². The lowest BCUT2D eigenvalue weighted by atomic mass is 10.1. The quantitative estimate of drug-likeness (QED) is 0.606. The van der Waals surface area contributed by atoms with Crippen LogP contribution in [0.15, 0.2) is 12.1 Å². The molecule has 0 amide bonds. The third-order valence-electron chi connectivity index (χ3n) is 1.86. The molecular weight excluding hydrogens is 252 g/mol. The van der Waals surface area contributed by atoms with E-state index in [2.05, 4.69) is 5.38 Å². The molecule has 0 saturated carbocycles. The van der Waals surface area contributed by atoms with Crippen molar-refractivity contribution in [2.24, 2.45) is 0 Å². The largest absolute Gasteiger partial charge is 0.419 e. The topological polar surface area (TPSA) is 0 Å².